The molecule has 2 heteroatoms. The summed E-state index contributed by atoms with van der Waals surface area (Å²) >= 11 is 0. The predicted octanol–water partition coefficient (Wildman–Crippen LogP) is 6.74. The summed E-state index contributed by atoms with van der Waals surface area (Å²) in [5.41, 5.74) is 9.20. The SMILES string of the molecule is [B]c1cc2c(c3oc4ccccc4c13)-c1ccccc1C2(c1ccccc1)c1ccccc1. The maximum absolute atomic E-state index is 6.79. The van der Waals surface area contributed by atoms with E-state index in [1.54, 1.807) is 0 Å². The van der Waals surface area contributed by atoms with Crippen molar-refractivity contribution in [1.29, 1.82) is 0 Å². The van der Waals surface area contributed by atoms with Crippen LogP contribution in [0.3, 0.4) is 0 Å². The van der Waals surface area contributed by atoms with Gasteiger partial charge in [0.1, 0.15) is 19.0 Å². The monoisotopic (exact) mass is 418 g/mol. The lowest BCUT2D eigenvalue weighted by atomic mass is 9.67. The summed E-state index contributed by atoms with van der Waals surface area (Å²) in [6, 6.07) is 40.5. The van der Waals surface area contributed by atoms with E-state index in [4.69, 9.17) is 12.3 Å². The molecular weight excluding hydrogens is 399 g/mol. The Morgan fingerprint density at radius 3 is 1.94 bits per heavy atom. The maximum Gasteiger partial charge on any atom is 0.142 e. The zero-order valence-corrected chi connectivity index (χ0v) is 18.0. The third-order valence-corrected chi connectivity index (χ3v) is 7.10. The molecule has 0 atom stereocenters. The van der Waals surface area contributed by atoms with Crippen LogP contribution in [0.4, 0.5) is 0 Å². The molecule has 0 aliphatic heterocycles. The van der Waals surface area contributed by atoms with E-state index in [9.17, 15) is 0 Å². The van der Waals surface area contributed by atoms with Crippen molar-refractivity contribution in [2.24, 2.45) is 0 Å². The number of benzene rings is 5. The third-order valence-electron chi connectivity index (χ3n) is 7.10. The van der Waals surface area contributed by atoms with Gasteiger partial charge in [-0.15, -0.1) is 0 Å². The van der Waals surface area contributed by atoms with E-state index in [1.807, 2.05) is 18.2 Å². The summed E-state index contributed by atoms with van der Waals surface area (Å²) in [6.07, 6.45) is 0. The Balaban J connectivity index is 1.73. The Bertz CT molecular complexity index is 1620. The van der Waals surface area contributed by atoms with Crippen molar-refractivity contribution < 1.29 is 4.42 Å². The van der Waals surface area contributed by atoms with Crippen LogP contribution in [0.5, 0.6) is 0 Å². The highest BCUT2D eigenvalue weighted by Crippen LogP contribution is 2.57. The summed E-state index contributed by atoms with van der Waals surface area (Å²) in [4.78, 5) is 0. The zero-order chi connectivity index (χ0) is 22.0. The normalized spacial score (nSPS) is 13.8. The van der Waals surface area contributed by atoms with Crippen LogP contribution in [-0.2, 0) is 5.41 Å². The van der Waals surface area contributed by atoms with Crippen LogP contribution < -0.4 is 5.46 Å². The first-order valence-corrected chi connectivity index (χ1v) is 11.3. The highest BCUT2D eigenvalue weighted by Gasteiger charge is 2.47. The van der Waals surface area contributed by atoms with E-state index in [2.05, 4.69) is 97.1 Å². The minimum Gasteiger partial charge on any atom is -0.455 e. The molecule has 0 N–H and O–H groups in total. The van der Waals surface area contributed by atoms with Crippen LogP contribution in [0, 0.1) is 0 Å². The number of para-hydroxylation sites is 1. The number of furan rings is 1. The molecule has 6 aromatic rings. The zero-order valence-electron chi connectivity index (χ0n) is 18.0. The summed E-state index contributed by atoms with van der Waals surface area (Å²) in [7, 11) is 6.79. The molecule has 1 aliphatic carbocycles. The first-order chi connectivity index (χ1) is 16.3. The van der Waals surface area contributed by atoms with Crippen molar-refractivity contribution >= 4 is 35.2 Å². The topological polar surface area (TPSA) is 13.1 Å². The summed E-state index contributed by atoms with van der Waals surface area (Å²) in [6.45, 7) is 0. The molecule has 1 aromatic heterocycles. The van der Waals surface area contributed by atoms with E-state index in [0.717, 1.165) is 33.0 Å². The van der Waals surface area contributed by atoms with E-state index in [-0.39, 0.29) is 0 Å². The Morgan fingerprint density at radius 1 is 0.606 bits per heavy atom. The van der Waals surface area contributed by atoms with Gasteiger partial charge in [-0.1, -0.05) is 115 Å². The van der Waals surface area contributed by atoms with Crippen molar-refractivity contribution in [2.75, 3.05) is 0 Å². The van der Waals surface area contributed by atoms with Crippen LogP contribution in [0.25, 0.3) is 33.1 Å². The van der Waals surface area contributed by atoms with Gasteiger partial charge in [-0.05, 0) is 33.9 Å². The molecule has 0 bridgehead atoms. The third kappa shape index (κ3) is 2.33. The maximum atomic E-state index is 6.79. The molecule has 1 aliphatic rings. The lowest BCUT2D eigenvalue weighted by Crippen LogP contribution is -2.29. The molecule has 0 unspecified atom stereocenters. The lowest BCUT2D eigenvalue weighted by molar-refractivity contribution is 0.669. The smallest absolute Gasteiger partial charge is 0.142 e. The highest BCUT2D eigenvalue weighted by molar-refractivity contribution is 6.42. The van der Waals surface area contributed by atoms with Gasteiger partial charge >= 0.3 is 0 Å². The fourth-order valence-electron chi connectivity index (χ4n) is 5.83. The van der Waals surface area contributed by atoms with E-state index in [0.29, 0.717) is 0 Å². The van der Waals surface area contributed by atoms with Gasteiger partial charge in [0.25, 0.3) is 0 Å². The van der Waals surface area contributed by atoms with Gasteiger partial charge in [-0.25, -0.2) is 0 Å². The fraction of sp³-hybridized carbons (Fsp3) is 0.0323. The second-order valence-electron chi connectivity index (χ2n) is 8.72. The van der Waals surface area contributed by atoms with Crippen molar-refractivity contribution in [3.63, 3.8) is 0 Å². The standard InChI is InChI=1S/C31H19BO/c32-26-19-25-28(30-29(26)23-16-8-10-18-27(23)33-30)22-15-7-9-17-24(22)31(25,20-11-3-1-4-12-20)21-13-5-2-6-14-21/h1-19H. The largest absolute Gasteiger partial charge is 0.455 e. The van der Waals surface area contributed by atoms with Gasteiger partial charge in [-0.2, -0.15) is 0 Å². The molecule has 0 amide bonds. The van der Waals surface area contributed by atoms with Gasteiger partial charge in [0.2, 0.25) is 0 Å². The average Bonchev–Trinajstić information content (AvgIpc) is 3.40. The average molecular weight is 418 g/mol. The van der Waals surface area contributed by atoms with Crippen LogP contribution in [-0.4, -0.2) is 7.85 Å². The lowest BCUT2D eigenvalue weighted by Gasteiger charge is -2.34. The van der Waals surface area contributed by atoms with Crippen molar-refractivity contribution in [3.05, 3.63) is 138 Å². The highest BCUT2D eigenvalue weighted by atomic mass is 16.3. The predicted molar refractivity (Wildman–Crippen MR) is 136 cm³/mol. The quantitative estimate of drug-likeness (QED) is 0.283. The first-order valence-electron chi connectivity index (χ1n) is 11.3. The van der Waals surface area contributed by atoms with E-state index < -0.39 is 5.41 Å². The van der Waals surface area contributed by atoms with Gasteiger partial charge < -0.3 is 4.42 Å². The first kappa shape index (κ1) is 18.5. The molecule has 0 saturated heterocycles. The molecule has 0 saturated carbocycles. The Kier molecular flexibility index (Phi) is 3.78. The van der Waals surface area contributed by atoms with Crippen molar-refractivity contribution in [1.82, 2.24) is 0 Å². The van der Waals surface area contributed by atoms with Gasteiger partial charge in [0, 0.05) is 16.3 Å². The van der Waals surface area contributed by atoms with Crippen LogP contribution in [0.2, 0.25) is 0 Å². The van der Waals surface area contributed by atoms with Crippen LogP contribution >= 0.6 is 0 Å². The minimum atomic E-state index is -0.476. The molecule has 0 spiro atoms. The summed E-state index contributed by atoms with van der Waals surface area (Å²) < 4.78 is 6.52. The number of hydrogen-bond acceptors (Lipinski definition) is 1. The minimum absolute atomic E-state index is 0.476. The number of fused-ring (bicyclic) bond motifs is 7. The molecule has 1 nitrogen and oxygen atoms in total. The molecule has 152 valence electrons. The Hall–Kier alpha value is -4.04. The number of hydrogen-bond donors (Lipinski definition) is 0. The molecule has 2 radical (unpaired) electrons. The van der Waals surface area contributed by atoms with Crippen LogP contribution in [0.1, 0.15) is 22.3 Å². The van der Waals surface area contributed by atoms with Crippen LogP contribution in [0.15, 0.2) is 120 Å². The number of rotatable bonds is 2. The van der Waals surface area contributed by atoms with Crippen molar-refractivity contribution in [3.8, 4) is 11.1 Å². The Labute approximate surface area is 193 Å². The second-order valence-corrected chi connectivity index (χ2v) is 8.72. The molecule has 1 heterocycles. The van der Waals surface area contributed by atoms with Gasteiger partial charge in [-0.3, -0.25) is 0 Å². The summed E-state index contributed by atoms with van der Waals surface area (Å²) in [5.74, 6) is 0. The fourth-order valence-corrected chi connectivity index (χ4v) is 5.83. The molecule has 7 rings (SSSR count). The second kappa shape index (κ2) is 6.73. The molecule has 33 heavy (non-hydrogen) atoms. The van der Waals surface area contributed by atoms with E-state index in [1.165, 1.54) is 27.8 Å². The van der Waals surface area contributed by atoms with E-state index >= 15 is 0 Å². The van der Waals surface area contributed by atoms with Gasteiger partial charge in [0.05, 0.1) is 5.41 Å². The molecule has 0 fully saturated rings. The van der Waals surface area contributed by atoms with Crippen molar-refractivity contribution in [2.45, 2.75) is 5.41 Å². The molecule has 5 aromatic carbocycles. The van der Waals surface area contributed by atoms with Gasteiger partial charge in [0.15, 0.2) is 0 Å². The Morgan fingerprint density at radius 2 is 1.21 bits per heavy atom. The molecular formula is C31H19BO. The summed E-state index contributed by atoms with van der Waals surface area (Å²) in [5, 5.41) is 2.05.